The molecule has 0 spiro atoms. The van der Waals surface area contributed by atoms with E-state index in [0.717, 1.165) is 100 Å². The van der Waals surface area contributed by atoms with Crippen molar-refractivity contribution in [2.24, 2.45) is 5.73 Å². The molecular formula is C28H37N7O2. The quantitative estimate of drug-likeness (QED) is 0.333. The Kier molecular flexibility index (Phi) is 8.13. The average Bonchev–Trinajstić information content (AvgIpc) is 3.34. The Balaban J connectivity index is 1.26. The minimum Gasteiger partial charge on any atom is -0.349 e. The van der Waals surface area contributed by atoms with Crippen LogP contribution < -0.4 is 22.1 Å². The number of aromatic amines is 1. The minimum absolute atomic E-state index is 0.0383. The van der Waals surface area contributed by atoms with Crippen molar-refractivity contribution in [2.75, 3.05) is 39.3 Å². The van der Waals surface area contributed by atoms with E-state index in [1.54, 1.807) is 4.57 Å². The molecule has 2 aromatic heterocycles. The van der Waals surface area contributed by atoms with E-state index in [1.165, 1.54) is 0 Å². The molecule has 1 aromatic carbocycles. The number of benzene rings is 1. The van der Waals surface area contributed by atoms with E-state index in [4.69, 9.17) is 5.73 Å². The van der Waals surface area contributed by atoms with Crippen LogP contribution in [0.3, 0.4) is 0 Å². The number of rotatable bonds is 9. The lowest BCUT2D eigenvalue weighted by Gasteiger charge is -2.26. The normalized spacial score (nSPS) is 17.2. The molecule has 0 saturated carbocycles. The predicted molar refractivity (Wildman–Crippen MR) is 147 cm³/mol. The van der Waals surface area contributed by atoms with Gasteiger partial charge in [-0.05, 0) is 75.6 Å². The van der Waals surface area contributed by atoms with Crippen molar-refractivity contribution in [1.29, 1.82) is 0 Å². The summed E-state index contributed by atoms with van der Waals surface area (Å²) in [6.07, 6.45) is 10.2. The Morgan fingerprint density at radius 3 is 2.68 bits per heavy atom. The van der Waals surface area contributed by atoms with Crippen LogP contribution in [0, 0.1) is 0 Å². The number of fused-ring (bicyclic) bond motifs is 1. The van der Waals surface area contributed by atoms with E-state index >= 15 is 0 Å². The van der Waals surface area contributed by atoms with Gasteiger partial charge in [0.05, 0.1) is 0 Å². The van der Waals surface area contributed by atoms with E-state index in [0.29, 0.717) is 11.2 Å². The maximum atomic E-state index is 12.8. The third-order valence-electron chi connectivity index (χ3n) is 7.40. The van der Waals surface area contributed by atoms with Crippen molar-refractivity contribution in [3.8, 4) is 11.3 Å². The van der Waals surface area contributed by atoms with Gasteiger partial charge >= 0.3 is 5.69 Å². The van der Waals surface area contributed by atoms with Gasteiger partial charge < -0.3 is 21.4 Å². The molecule has 9 nitrogen and oxygen atoms in total. The second-order valence-corrected chi connectivity index (χ2v) is 10.1. The number of unbranched alkanes of at least 4 members (excludes halogenated alkanes) is 2. The highest BCUT2D eigenvalue weighted by Gasteiger charge is 2.18. The van der Waals surface area contributed by atoms with Crippen molar-refractivity contribution in [2.45, 2.75) is 44.6 Å². The summed E-state index contributed by atoms with van der Waals surface area (Å²) in [5.41, 5.74) is 9.35. The van der Waals surface area contributed by atoms with E-state index < -0.39 is 0 Å². The molecular weight excluding hydrogens is 466 g/mol. The van der Waals surface area contributed by atoms with E-state index in [-0.39, 0.29) is 17.6 Å². The molecule has 0 bridgehead atoms. The number of carbonyl (C=O) groups is 1. The van der Waals surface area contributed by atoms with Crippen LogP contribution in [-0.2, 0) is 0 Å². The first-order valence-corrected chi connectivity index (χ1v) is 13.5. The number of carbonyl (C=O) groups excluding carboxylic acids is 1. The van der Waals surface area contributed by atoms with Gasteiger partial charge in [0.25, 0.3) is 5.91 Å². The van der Waals surface area contributed by atoms with Crippen LogP contribution in [0.4, 0.5) is 0 Å². The second kappa shape index (κ2) is 11.9. The molecule has 2 aliphatic rings. The smallest absolute Gasteiger partial charge is 0.349 e. The molecule has 4 heterocycles. The molecule has 37 heavy (non-hydrogen) atoms. The molecule has 0 atom stereocenters. The monoisotopic (exact) mass is 503 g/mol. The number of nitrogens with one attached hydrogen (secondary N) is 3. The zero-order valence-corrected chi connectivity index (χ0v) is 21.3. The molecule has 1 fully saturated rings. The fourth-order valence-corrected chi connectivity index (χ4v) is 5.17. The maximum absolute atomic E-state index is 12.8. The van der Waals surface area contributed by atoms with Gasteiger partial charge in [-0.1, -0.05) is 24.6 Å². The average molecular weight is 504 g/mol. The zero-order chi connectivity index (χ0) is 25.6. The van der Waals surface area contributed by atoms with Gasteiger partial charge in [-0.25, -0.2) is 4.79 Å². The number of aromatic nitrogens is 3. The van der Waals surface area contributed by atoms with Crippen molar-refractivity contribution >= 4 is 22.6 Å². The van der Waals surface area contributed by atoms with Crippen molar-refractivity contribution in [3.63, 3.8) is 0 Å². The molecule has 0 unspecified atom stereocenters. The summed E-state index contributed by atoms with van der Waals surface area (Å²) in [6, 6.07) is 9.79. The SMILES string of the molecule is NCCCCCN1CC=C(n2cc3cc(-c4ccc(C(=O)NC5CCNCC5)cc4)[nH]c3nc2=O)CC1. The number of nitrogens with zero attached hydrogens (tertiary/aromatic N) is 3. The first-order chi connectivity index (χ1) is 18.1. The van der Waals surface area contributed by atoms with Crippen molar-refractivity contribution in [1.82, 2.24) is 30.1 Å². The fourth-order valence-electron chi connectivity index (χ4n) is 5.17. The van der Waals surface area contributed by atoms with Crippen LogP contribution in [0.15, 0.2) is 47.4 Å². The lowest BCUT2D eigenvalue weighted by atomic mass is 10.0. The molecule has 9 heteroatoms. The summed E-state index contributed by atoms with van der Waals surface area (Å²) in [7, 11) is 0. The highest BCUT2D eigenvalue weighted by atomic mass is 16.2. The van der Waals surface area contributed by atoms with Crippen LogP contribution in [-0.4, -0.2) is 70.7 Å². The Labute approximate surface area is 217 Å². The number of amides is 1. The van der Waals surface area contributed by atoms with Crippen LogP contribution in [0.5, 0.6) is 0 Å². The molecule has 5 N–H and O–H groups in total. The van der Waals surface area contributed by atoms with E-state index in [9.17, 15) is 9.59 Å². The predicted octanol–water partition coefficient (Wildman–Crippen LogP) is 2.55. The van der Waals surface area contributed by atoms with Gasteiger partial charge in [0.15, 0.2) is 0 Å². The molecule has 1 saturated heterocycles. The third-order valence-corrected chi connectivity index (χ3v) is 7.40. The lowest BCUT2D eigenvalue weighted by Crippen LogP contribution is -2.42. The first kappa shape index (κ1) is 25.4. The standard InChI is InChI=1S/C28H37N7O2/c29-12-2-1-3-15-34-16-10-24(11-17-34)35-19-22-18-25(32-26(22)33-28(35)37)20-4-6-21(7-5-20)27(36)31-23-8-13-30-14-9-23/h4-7,10,18-19,23,30H,1-3,8-9,11-17,29H2,(H,31,36)(H,32,33,37). The van der Waals surface area contributed by atoms with E-state index in [2.05, 4.69) is 31.6 Å². The Morgan fingerprint density at radius 2 is 1.95 bits per heavy atom. The highest BCUT2D eigenvalue weighted by Crippen LogP contribution is 2.24. The van der Waals surface area contributed by atoms with Crippen LogP contribution in [0.2, 0.25) is 0 Å². The van der Waals surface area contributed by atoms with Crippen LogP contribution >= 0.6 is 0 Å². The maximum Gasteiger partial charge on any atom is 0.353 e. The van der Waals surface area contributed by atoms with Crippen molar-refractivity contribution in [3.05, 3.63) is 58.7 Å². The van der Waals surface area contributed by atoms with Gasteiger partial charge in [-0.15, -0.1) is 0 Å². The number of piperidine rings is 1. The topological polar surface area (TPSA) is 121 Å². The number of nitrogens with two attached hydrogens (primary N) is 1. The summed E-state index contributed by atoms with van der Waals surface area (Å²) in [4.78, 5) is 35.4. The minimum atomic E-state index is -0.270. The molecule has 3 aromatic rings. The Morgan fingerprint density at radius 1 is 1.14 bits per heavy atom. The Hall–Kier alpha value is -3.27. The van der Waals surface area contributed by atoms with Crippen molar-refractivity contribution < 1.29 is 4.79 Å². The zero-order valence-electron chi connectivity index (χ0n) is 21.3. The summed E-state index contributed by atoms with van der Waals surface area (Å²) < 4.78 is 1.68. The van der Waals surface area contributed by atoms with Crippen LogP contribution in [0.1, 0.15) is 48.9 Å². The summed E-state index contributed by atoms with van der Waals surface area (Å²) in [5, 5.41) is 7.32. The molecule has 2 aliphatic heterocycles. The fraction of sp³-hybridized carbons (Fsp3) is 0.464. The lowest BCUT2D eigenvalue weighted by molar-refractivity contribution is 0.0929. The summed E-state index contributed by atoms with van der Waals surface area (Å²) in [5.74, 6) is -0.0383. The van der Waals surface area contributed by atoms with Crippen LogP contribution in [0.25, 0.3) is 28.0 Å². The first-order valence-electron chi connectivity index (χ1n) is 13.5. The summed E-state index contributed by atoms with van der Waals surface area (Å²) in [6.45, 7) is 5.48. The molecule has 5 rings (SSSR count). The number of hydrogen-bond donors (Lipinski definition) is 4. The summed E-state index contributed by atoms with van der Waals surface area (Å²) >= 11 is 0. The van der Waals surface area contributed by atoms with Gasteiger partial charge in [-0.2, -0.15) is 4.98 Å². The van der Waals surface area contributed by atoms with Gasteiger partial charge in [0, 0.05) is 54.1 Å². The van der Waals surface area contributed by atoms with Gasteiger partial charge in [0.2, 0.25) is 0 Å². The van der Waals surface area contributed by atoms with Gasteiger partial charge in [-0.3, -0.25) is 14.3 Å². The number of H-pyrrole nitrogens is 1. The highest BCUT2D eigenvalue weighted by molar-refractivity contribution is 5.95. The Bertz CT molecular complexity index is 1300. The molecule has 1 amide bonds. The largest absolute Gasteiger partial charge is 0.353 e. The molecule has 196 valence electrons. The molecule has 0 radical (unpaired) electrons. The third kappa shape index (κ3) is 6.18. The van der Waals surface area contributed by atoms with E-state index in [1.807, 2.05) is 36.5 Å². The molecule has 0 aliphatic carbocycles. The second-order valence-electron chi connectivity index (χ2n) is 10.1. The van der Waals surface area contributed by atoms with Gasteiger partial charge in [0.1, 0.15) is 5.65 Å². The number of hydrogen-bond acceptors (Lipinski definition) is 6.